The molecule has 0 unspecified atom stereocenters. The number of hydrogen-bond donors (Lipinski definition) is 1. The number of aryl methyl sites for hydroxylation is 1. The van der Waals surface area contributed by atoms with Crippen LogP contribution in [0.4, 0.5) is 5.69 Å². The molecule has 1 aromatic rings. The number of benzene rings is 1. The van der Waals surface area contributed by atoms with Crippen LogP contribution in [0.2, 0.25) is 5.02 Å². The van der Waals surface area contributed by atoms with Crippen LogP contribution in [0.5, 0.6) is 0 Å². The molecule has 0 aliphatic carbocycles. The number of sulfonamides is 1. The Bertz CT molecular complexity index is 614. The molecular formula is C13H17ClN2O3S. The minimum atomic E-state index is -3.46. The first-order valence-corrected chi connectivity index (χ1v) is 8.08. The van der Waals surface area contributed by atoms with Crippen molar-refractivity contribution in [3.63, 3.8) is 0 Å². The fraction of sp³-hybridized carbons (Fsp3) is 0.308. The van der Waals surface area contributed by atoms with Crippen LogP contribution < -0.4 is 5.32 Å². The van der Waals surface area contributed by atoms with Crippen LogP contribution in [0.25, 0.3) is 0 Å². The highest BCUT2D eigenvalue weighted by atomic mass is 35.5. The molecule has 110 valence electrons. The van der Waals surface area contributed by atoms with Gasteiger partial charge in [-0.25, -0.2) is 8.42 Å². The highest BCUT2D eigenvalue weighted by Gasteiger charge is 2.19. The van der Waals surface area contributed by atoms with Crippen LogP contribution in [0.1, 0.15) is 5.56 Å². The van der Waals surface area contributed by atoms with Gasteiger partial charge < -0.3 is 5.32 Å². The summed E-state index contributed by atoms with van der Waals surface area (Å²) >= 11 is 5.86. The van der Waals surface area contributed by atoms with E-state index in [-0.39, 0.29) is 13.1 Å². The maximum atomic E-state index is 11.9. The second-order valence-corrected chi connectivity index (χ2v) is 6.77. The summed E-state index contributed by atoms with van der Waals surface area (Å²) in [6.45, 7) is 5.12. The van der Waals surface area contributed by atoms with Crippen LogP contribution in [0.15, 0.2) is 30.9 Å². The summed E-state index contributed by atoms with van der Waals surface area (Å²) in [4.78, 5) is 11.9. The topological polar surface area (TPSA) is 66.5 Å². The lowest BCUT2D eigenvalue weighted by atomic mass is 10.2. The molecule has 0 saturated heterocycles. The van der Waals surface area contributed by atoms with E-state index >= 15 is 0 Å². The monoisotopic (exact) mass is 316 g/mol. The smallest absolute Gasteiger partial charge is 0.239 e. The number of carbonyl (C=O) groups excluding carboxylic acids is 1. The second kappa shape index (κ2) is 6.88. The molecule has 0 spiro atoms. The Morgan fingerprint density at radius 2 is 2.15 bits per heavy atom. The van der Waals surface area contributed by atoms with Gasteiger partial charge in [-0.1, -0.05) is 23.7 Å². The van der Waals surface area contributed by atoms with Crippen molar-refractivity contribution in [2.75, 3.05) is 24.7 Å². The van der Waals surface area contributed by atoms with Crippen molar-refractivity contribution in [2.45, 2.75) is 6.92 Å². The molecule has 0 radical (unpaired) electrons. The van der Waals surface area contributed by atoms with Gasteiger partial charge in [0.1, 0.15) is 0 Å². The van der Waals surface area contributed by atoms with Crippen molar-refractivity contribution in [3.05, 3.63) is 41.4 Å². The van der Waals surface area contributed by atoms with Crippen LogP contribution >= 0.6 is 11.6 Å². The number of amides is 1. The summed E-state index contributed by atoms with van der Waals surface area (Å²) in [6.07, 6.45) is 2.48. The lowest BCUT2D eigenvalue weighted by molar-refractivity contribution is -0.116. The van der Waals surface area contributed by atoms with E-state index in [1.54, 1.807) is 18.2 Å². The van der Waals surface area contributed by atoms with E-state index in [4.69, 9.17) is 11.6 Å². The predicted octanol–water partition coefficient (Wildman–Crippen LogP) is 2.03. The van der Waals surface area contributed by atoms with Crippen molar-refractivity contribution < 1.29 is 13.2 Å². The van der Waals surface area contributed by atoms with E-state index < -0.39 is 15.9 Å². The second-order valence-electron chi connectivity index (χ2n) is 4.35. The van der Waals surface area contributed by atoms with Gasteiger partial charge in [0.05, 0.1) is 12.8 Å². The van der Waals surface area contributed by atoms with Crippen LogP contribution in [-0.2, 0) is 14.8 Å². The van der Waals surface area contributed by atoms with Crippen LogP contribution in [-0.4, -0.2) is 38.0 Å². The highest BCUT2D eigenvalue weighted by molar-refractivity contribution is 7.88. The highest BCUT2D eigenvalue weighted by Crippen LogP contribution is 2.20. The third kappa shape index (κ3) is 4.96. The van der Waals surface area contributed by atoms with Gasteiger partial charge in [-0.15, -0.1) is 6.58 Å². The molecule has 0 bridgehead atoms. The van der Waals surface area contributed by atoms with Gasteiger partial charge in [0, 0.05) is 17.3 Å². The number of rotatable bonds is 6. The van der Waals surface area contributed by atoms with Crippen molar-refractivity contribution in [1.82, 2.24) is 4.31 Å². The van der Waals surface area contributed by atoms with Crippen LogP contribution in [0.3, 0.4) is 0 Å². The molecule has 1 aromatic carbocycles. The molecular weight excluding hydrogens is 300 g/mol. The summed E-state index contributed by atoms with van der Waals surface area (Å²) in [6, 6.07) is 5.11. The van der Waals surface area contributed by atoms with Gasteiger partial charge >= 0.3 is 0 Å². The minimum Gasteiger partial charge on any atom is -0.325 e. The summed E-state index contributed by atoms with van der Waals surface area (Å²) < 4.78 is 24.1. The van der Waals surface area contributed by atoms with E-state index in [9.17, 15) is 13.2 Å². The lowest BCUT2D eigenvalue weighted by Crippen LogP contribution is -2.37. The van der Waals surface area contributed by atoms with Gasteiger partial charge in [0.2, 0.25) is 15.9 Å². The molecule has 1 amide bonds. The Morgan fingerprint density at radius 3 is 2.70 bits per heavy atom. The first kappa shape index (κ1) is 16.7. The molecule has 0 saturated carbocycles. The zero-order chi connectivity index (χ0) is 15.3. The van der Waals surface area contributed by atoms with E-state index in [0.29, 0.717) is 10.7 Å². The van der Waals surface area contributed by atoms with Crippen molar-refractivity contribution in [2.24, 2.45) is 0 Å². The third-order valence-electron chi connectivity index (χ3n) is 2.60. The number of carbonyl (C=O) groups is 1. The third-order valence-corrected chi connectivity index (χ3v) is 4.05. The maximum absolute atomic E-state index is 11.9. The maximum Gasteiger partial charge on any atom is 0.239 e. The largest absolute Gasteiger partial charge is 0.325 e. The molecule has 0 heterocycles. The molecule has 1 rings (SSSR count). The quantitative estimate of drug-likeness (QED) is 0.817. The summed E-state index contributed by atoms with van der Waals surface area (Å²) in [7, 11) is -3.46. The Labute approximate surface area is 124 Å². The fourth-order valence-electron chi connectivity index (χ4n) is 1.54. The zero-order valence-corrected chi connectivity index (χ0v) is 13.0. The summed E-state index contributed by atoms with van der Waals surface area (Å²) in [5, 5.41) is 3.15. The average Bonchev–Trinajstić information content (AvgIpc) is 2.32. The summed E-state index contributed by atoms with van der Waals surface area (Å²) in [5.74, 6) is -0.428. The number of hydrogen-bond acceptors (Lipinski definition) is 3. The molecule has 0 aliphatic heterocycles. The normalized spacial score (nSPS) is 11.4. The fourth-order valence-corrected chi connectivity index (χ4v) is 2.44. The van der Waals surface area contributed by atoms with Gasteiger partial charge in [0.25, 0.3) is 0 Å². The first-order valence-electron chi connectivity index (χ1n) is 5.86. The Morgan fingerprint density at radius 1 is 1.50 bits per heavy atom. The van der Waals surface area contributed by atoms with Crippen molar-refractivity contribution in [1.29, 1.82) is 0 Å². The zero-order valence-electron chi connectivity index (χ0n) is 11.4. The number of anilines is 1. The average molecular weight is 317 g/mol. The number of nitrogens with zero attached hydrogens (tertiary/aromatic N) is 1. The van der Waals surface area contributed by atoms with Crippen molar-refractivity contribution in [3.8, 4) is 0 Å². The Hall–Kier alpha value is -1.37. The van der Waals surface area contributed by atoms with Crippen LogP contribution in [0, 0.1) is 6.92 Å². The molecule has 0 atom stereocenters. The Balaban J connectivity index is 2.80. The van der Waals surface area contributed by atoms with E-state index in [2.05, 4.69) is 11.9 Å². The van der Waals surface area contributed by atoms with Gasteiger partial charge in [-0.05, 0) is 24.6 Å². The molecule has 1 N–H and O–H groups in total. The molecule has 7 heteroatoms. The molecule has 0 aromatic heterocycles. The van der Waals surface area contributed by atoms with Gasteiger partial charge in [-0.2, -0.15) is 4.31 Å². The van der Waals surface area contributed by atoms with Crippen molar-refractivity contribution >= 4 is 33.2 Å². The predicted molar refractivity (Wildman–Crippen MR) is 81.4 cm³/mol. The Kier molecular flexibility index (Phi) is 5.74. The lowest BCUT2D eigenvalue weighted by Gasteiger charge is -2.18. The standard InChI is InChI=1S/C13H17ClN2O3S/c1-4-7-16(20(3,18)19)9-13(17)15-12-8-11(14)6-5-10(12)2/h4-6,8H,1,7,9H2,2-3H3,(H,15,17). The minimum absolute atomic E-state index is 0.0841. The first-order chi connectivity index (χ1) is 9.24. The van der Waals surface area contributed by atoms with E-state index in [1.165, 1.54) is 6.08 Å². The number of halogens is 1. The van der Waals surface area contributed by atoms with Gasteiger partial charge in [-0.3, -0.25) is 4.79 Å². The van der Waals surface area contributed by atoms with E-state index in [0.717, 1.165) is 16.1 Å². The molecule has 5 nitrogen and oxygen atoms in total. The van der Waals surface area contributed by atoms with E-state index in [1.807, 2.05) is 6.92 Å². The summed E-state index contributed by atoms with van der Waals surface area (Å²) in [5.41, 5.74) is 1.41. The SMILES string of the molecule is C=CCN(CC(=O)Nc1cc(Cl)ccc1C)S(C)(=O)=O. The molecule has 20 heavy (non-hydrogen) atoms. The number of nitrogens with one attached hydrogen (secondary N) is 1. The molecule has 0 fully saturated rings. The molecule has 0 aliphatic rings. The van der Waals surface area contributed by atoms with Gasteiger partial charge in [0.15, 0.2) is 0 Å².